The molecule has 0 unspecified atom stereocenters. The van der Waals surface area contributed by atoms with E-state index in [1.54, 1.807) is 0 Å². The number of nitrogens with zero attached hydrogens (tertiary/aromatic N) is 2. The number of benzene rings is 10. The zero-order valence-electron chi connectivity index (χ0n) is 34.3. The molecule has 0 atom stereocenters. The van der Waals surface area contributed by atoms with Gasteiger partial charge in [-0.25, -0.2) is 0 Å². The molecule has 0 heterocycles. The summed E-state index contributed by atoms with van der Waals surface area (Å²) in [5, 5.41) is 12.8. The van der Waals surface area contributed by atoms with Crippen LogP contribution >= 0.6 is 0 Å². The highest BCUT2D eigenvalue weighted by Crippen LogP contribution is 2.51. The molecule has 10 aromatic carbocycles. The Morgan fingerprint density at radius 3 is 1.14 bits per heavy atom. The van der Waals surface area contributed by atoms with Crippen molar-refractivity contribution in [3.63, 3.8) is 0 Å². The molecule has 10 rings (SSSR count). The fourth-order valence-corrected chi connectivity index (χ4v) is 9.41. The third kappa shape index (κ3) is 5.62. The Hall–Kier alpha value is -6.64. The third-order valence-electron chi connectivity index (χ3n) is 12.8. The summed E-state index contributed by atoms with van der Waals surface area (Å²) in [7, 11) is 0. The topological polar surface area (TPSA) is 6.48 Å². The van der Waals surface area contributed by atoms with Gasteiger partial charge in [0.15, 0.2) is 0 Å². The third-order valence-corrected chi connectivity index (χ3v) is 12.8. The van der Waals surface area contributed by atoms with E-state index in [0.29, 0.717) is 0 Å². The molecule has 0 N–H and O–H groups in total. The van der Waals surface area contributed by atoms with Gasteiger partial charge in [-0.2, -0.15) is 0 Å². The monoisotopic (exact) mass is 748 g/mol. The van der Waals surface area contributed by atoms with Gasteiger partial charge in [0, 0.05) is 32.9 Å². The largest absolute Gasteiger partial charge is 0.309 e. The molecule has 10 aromatic rings. The first-order chi connectivity index (χ1) is 28.3. The van der Waals surface area contributed by atoms with Gasteiger partial charge < -0.3 is 9.80 Å². The molecule has 0 fully saturated rings. The van der Waals surface area contributed by atoms with Crippen LogP contribution in [0.3, 0.4) is 0 Å². The van der Waals surface area contributed by atoms with Crippen molar-refractivity contribution in [2.24, 2.45) is 0 Å². The van der Waals surface area contributed by atoms with Crippen LogP contribution in [-0.4, -0.2) is 0 Å². The van der Waals surface area contributed by atoms with Crippen LogP contribution in [-0.2, 0) is 12.8 Å². The zero-order chi connectivity index (χ0) is 39.7. The molecule has 0 saturated carbocycles. The molecule has 0 saturated heterocycles. The Labute approximate surface area is 341 Å². The van der Waals surface area contributed by atoms with Gasteiger partial charge in [-0.1, -0.05) is 123 Å². The first-order valence-electron chi connectivity index (χ1n) is 20.8. The van der Waals surface area contributed by atoms with Gasteiger partial charge in [0.05, 0.1) is 22.7 Å². The van der Waals surface area contributed by atoms with E-state index < -0.39 is 0 Å². The smallest absolute Gasteiger partial charge is 0.0543 e. The Morgan fingerprint density at radius 1 is 0.328 bits per heavy atom. The minimum atomic E-state index is 0.926. The van der Waals surface area contributed by atoms with Crippen LogP contribution in [0.4, 0.5) is 34.1 Å². The molecule has 0 radical (unpaired) electrons. The van der Waals surface area contributed by atoms with Gasteiger partial charge in [0.1, 0.15) is 0 Å². The van der Waals surface area contributed by atoms with Crippen molar-refractivity contribution < 1.29 is 0 Å². The van der Waals surface area contributed by atoms with Crippen molar-refractivity contribution in [2.75, 3.05) is 9.80 Å². The lowest BCUT2D eigenvalue weighted by Gasteiger charge is -2.32. The van der Waals surface area contributed by atoms with Crippen LogP contribution in [0.5, 0.6) is 0 Å². The van der Waals surface area contributed by atoms with Gasteiger partial charge in [0.2, 0.25) is 0 Å². The first kappa shape index (κ1) is 35.8. The standard InChI is InChI=1S/C56H48N2/c1-7-39-33-53(57(43-25-23-35(3)37(5)31-43)51-21-13-17-41-15-9-11-19-45(41)51)49-30-28-48-40(8-2)34-54(50-29-27-47(39)55(49)56(48)50)58(44-26-24-36(4)38(6)32-44)52-22-14-18-42-16-10-12-20-46(42)52/h9-34H,7-8H2,1-6H3. The van der Waals surface area contributed by atoms with E-state index in [2.05, 4.69) is 209 Å². The van der Waals surface area contributed by atoms with E-state index in [1.165, 1.54) is 121 Å². The maximum absolute atomic E-state index is 2.53. The Kier molecular flexibility index (Phi) is 8.68. The number of anilines is 6. The minimum Gasteiger partial charge on any atom is -0.309 e. The van der Waals surface area contributed by atoms with Crippen molar-refractivity contribution in [2.45, 2.75) is 54.4 Å². The van der Waals surface area contributed by atoms with E-state index in [-0.39, 0.29) is 0 Å². The summed E-state index contributed by atoms with van der Waals surface area (Å²) in [6, 6.07) is 59.5. The Balaban J connectivity index is 1.34. The Bertz CT molecular complexity index is 2980. The maximum atomic E-state index is 2.53. The summed E-state index contributed by atoms with van der Waals surface area (Å²) in [4.78, 5) is 5.05. The summed E-state index contributed by atoms with van der Waals surface area (Å²) in [6.07, 6.45) is 1.85. The van der Waals surface area contributed by atoms with Gasteiger partial charge in [-0.15, -0.1) is 0 Å². The van der Waals surface area contributed by atoms with Crippen LogP contribution < -0.4 is 9.80 Å². The fourth-order valence-electron chi connectivity index (χ4n) is 9.41. The number of hydrogen-bond acceptors (Lipinski definition) is 2. The average molecular weight is 749 g/mol. The summed E-state index contributed by atoms with van der Waals surface area (Å²) < 4.78 is 0. The number of aryl methyl sites for hydroxylation is 6. The lowest BCUT2D eigenvalue weighted by atomic mass is 9.86. The fraction of sp³-hybridized carbons (Fsp3) is 0.143. The number of rotatable bonds is 8. The van der Waals surface area contributed by atoms with Gasteiger partial charge in [0.25, 0.3) is 0 Å². The summed E-state index contributed by atoms with van der Waals surface area (Å²) in [6.45, 7) is 13.5. The van der Waals surface area contributed by atoms with Crippen molar-refractivity contribution in [1.82, 2.24) is 0 Å². The highest BCUT2D eigenvalue weighted by atomic mass is 15.2. The quantitative estimate of drug-likeness (QED) is 0.143. The van der Waals surface area contributed by atoms with Crippen LogP contribution in [0.1, 0.15) is 47.2 Å². The SMILES string of the molecule is CCc1cc(N(c2ccc(C)c(C)c2)c2cccc3ccccc23)c2ccc3c(CC)cc(N(c4ccc(C)c(C)c4)c4cccc5ccccc45)c4ccc1c2c34. The number of fused-ring (bicyclic) bond motifs is 2. The van der Waals surface area contributed by atoms with Crippen molar-refractivity contribution in [1.29, 1.82) is 0 Å². The van der Waals surface area contributed by atoms with Gasteiger partial charge in [-0.05, 0) is 155 Å². The van der Waals surface area contributed by atoms with Crippen molar-refractivity contribution in [3.8, 4) is 0 Å². The molecule has 0 aliphatic carbocycles. The lowest BCUT2D eigenvalue weighted by Crippen LogP contribution is -2.13. The number of hydrogen-bond donors (Lipinski definition) is 0. The average Bonchev–Trinajstić information content (AvgIpc) is 3.26. The van der Waals surface area contributed by atoms with Crippen molar-refractivity contribution in [3.05, 3.63) is 191 Å². The first-order valence-corrected chi connectivity index (χ1v) is 20.8. The van der Waals surface area contributed by atoms with Crippen LogP contribution in [0.15, 0.2) is 158 Å². The van der Waals surface area contributed by atoms with Gasteiger partial charge in [-0.3, -0.25) is 0 Å². The lowest BCUT2D eigenvalue weighted by molar-refractivity contribution is 1.15. The highest BCUT2D eigenvalue weighted by molar-refractivity contribution is 6.29. The maximum Gasteiger partial charge on any atom is 0.0543 e. The molecule has 0 amide bonds. The molecule has 2 heteroatoms. The van der Waals surface area contributed by atoms with E-state index in [0.717, 1.165) is 12.8 Å². The molecule has 282 valence electrons. The second kappa shape index (κ2) is 14.1. The zero-order valence-corrected chi connectivity index (χ0v) is 34.3. The molecule has 2 nitrogen and oxygen atoms in total. The predicted octanol–water partition coefficient (Wildman–Crippen LogP) is 16.2. The summed E-state index contributed by atoms with van der Waals surface area (Å²) in [5.41, 5.74) is 15.0. The minimum absolute atomic E-state index is 0.926. The predicted molar refractivity (Wildman–Crippen MR) is 252 cm³/mol. The molecule has 0 aliphatic rings. The summed E-state index contributed by atoms with van der Waals surface area (Å²) in [5.74, 6) is 0. The van der Waals surface area contributed by atoms with E-state index >= 15 is 0 Å². The van der Waals surface area contributed by atoms with E-state index in [9.17, 15) is 0 Å². The molecule has 0 aliphatic heterocycles. The molecule has 0 spiro atoms. The second-order valence-electron chi connectivity index (χ2n) is 16.1. The molecule has 0 aromatic heterocycles. The molecular formula is C56H48N2. The summed E-state index contributed by atoms with van der Waals surface area (Å²) >= 11 is 0. The van der Waals surface area contributed by atoms with Crippen molar-refractivity contribution >= 4 is 88.0 Å². The van der Waals surface area contributed by atoms with E-state index in [1.807, 2.05) is 0 Å². The highest BCUT2D eigenvalue weighted by Gasteiger charge is 2.26. The van der Waals surface area contributed by atoms with Crippen LogP contribution in [0, 0.1) is 27.7 Å². The second-order valence-corrected chi connectivity index (χ2v) is 16.1. The molecule has 0 bridgehead atoms. The normalized spacial score (nSPS) is 11.8. The molecular weight excluding hydrogens is 701 g/mol. The Morgan fingerprint density at radius 2 is 0.724 bits per heavy atom. The van der Waals surface area contributed by atoms with Crippen LogP contribution in [0.2, 0.25) is 0 Å². The molecule has 58 heavy (non-hydrogen) atoms. The van der Waals surface area contributed by atoms with E-state index in [4.69, 9.17) is 0 Å². The van der Waals surface area contributed by atoms with Gasteiger partial charge >= 0.3 is 0 Å². The van der Waals surface area contributed by atoms with Crippen LogP contribution in [0.25, 0.3) is 53.9 Å².